The molecule has 0 aliphatic carbocycles. The van der Waals surface area contributed by atoms with Crippen LogP contribution in [0.25, 0.3) is 0 Å². The predicted molar refractivity (Wildman–Crippen MR) is 121 cm³/mol. The Kier molecular flexibility index (Phi) is 8.21. The average Bonchev–Trinajstić information content (AvgIpc) is 3.13. The zero-order valence-corrected chi connectivity index (χ0v) is 19.8. The summed E-state index contributed by atoms with van der Waals surface area (Å²) < 4.78 is 60.4. The van der Waals surface area contributed by atoms with E-state index in [0.717, 1.165) is 37.8 Å². The molecule has 1 heterocycles. The van der Waals surface area contributed by atoms with Gasteiger partial charge in [-0.1, -0.05) is 18.9 Å². The van der Waals surface area contributed by atoms with Crippen LogP contribution < -0.4 is 15.4 Å². The number of methoxy groups -OCH3 is 1. The minimum atomic E-state index is -3.94. The fourth-order valence-electron chi connectivity index (χ4n) is 3.79. The summed E-state index contributed by atoms with van der Waals surface area (Å²) in [6.07, 6.45) is 3.36. The monoisotopic (exact) mass is 495 g/mol. The predicted octanol–water partition coefficient (Wildman–Crippen LogP) is 2.76. The first-order valence-corrected chi connectivity index (χ1v) is 12.3. The summed E-state index contributed by atoms with van der Waals surface area (Å²) in [6, 6.07) is 5.45. The lowest BCUT2D eigenvalue weighted by Crippen LogP contribution is -2.39. The van der Waals surface area contributed by atoms with Gasteiger partial charge in [0.25, 0.3) is 5.91 Å². The Morgan fingerprint density at radius 3 is 2.26 bits per heavy atom. The zero-order valence-electron chi connectivity index (χ0n) is 18.9. The molecule has 1 saturated heterocycles. The molecule has 184 valence electrons. The van der Waals surface area contributed by atoms with Crippen LogP contribution in [0.3, 0.4) is 0 Å². The minimum Gasteiger partial charge on any atom is -0.495 e. The quantitative estimate of drug-likeness (QED) is 0.615. The molecule has 1 aliphatic heterocycles. The molecular weight excluding hydrogens is 468 g/mol. The molecule has 1 fully saturated rings. The number of carbonyl (C=O) groups is 2. The summed E-state index contributed by atoms with van der Waals surface area (Å²) in [7, 11) is -1.27. The summed E-state index contributed by atoms with van der Waals surface area (Å²) >= 11 is 0. The van der Waals surface area contributed by atoms with Gasteiger partial charge in [-0.3, -0.25) is 9.59 Å². The van der Waals surface area contributed by atoms with E-state index in [1.807, 2.05) is 0 Å². The molecule has 0 saturated carbocycles. The molecule has 0 aromatic heterocycles. The van der Waals surface area contributed by atoms with Crippen LogP contribution in [0, 0.1) is 11.6 Å². The van der Waals surface area contributed by atoms with Gasteiger partial charge in [-0.25, -0.2) is 17.2 Å². The van der Waals surface area contributed by atoms with Crippen LogP contribution >= 0.6 is 0 Å². The van der Waals surface area contributed by atoms with Gasteiger partial charge in [-0.05, 0) is 48.7 Å². The molecule has 1 aliphatic rings. The normalized spacial score (nSPS) is 15.8. The second-order valence-corrected chi connectivity index (χ2v) is 9.78. The fourth-order valence-corrected chi connectivity index (χ4v) is 5.49. The third kappa shape index (κ3) is 5.53. The molecule has 1 atom stereocenters. The van der Waals surface area contributed by atoms with Crippen LogP contribution in [0.15, 0.2) is 41.3 Å². The van der Waals surface area contributed by atoms with Crippen molar-refractivity contribution in [1.29, 1.82) is 0 Å². The molecule has 11 heteroatoms. The van der Waals surface area contributed by atoms with Gasteiger partial charge in [0.15, 0.2) is 11.6 Å². The summed E-state index contributed by atoms with van der Waals surface area (Å²) in [6.45, 7) is 0.744. The number of halogens is 2. The molecule has 0 spiro atoms. The number of hydrogen-bond acceptors (Lipinski definition) is 5. The van der Waals surface area contributed by atoms with Gasteiger partial charge in [0, 0.05) is 25.7 Å². The van der Waals surface area contributed by atoms with E-state index < -0.39 is 39.5 Å². The van der Waals surface area contributed by atoms with E-state index in [2.05, 4.69) is 10.6 Å². The molecule has 8 nitrogen and oxygen atoms in total. The second kappa shape index (κ2) is 10.9. The number of carbonyl (C=O) groups excluding carboxylic acids is 2. The van der Waals surface area contributed by atoms with Gasteiger partial charge in [-0.2, -0.15) is 4.31 Å². The highest BCUT2D eigenvalue weighted by Crippen LogP contribution is 2.30. The standard InChI is InChI=1S/C23H27F2N3O5S/c1-26-23(30)21(15-7-9-17(24)18(25)13-15)27-22(29)16-8-10-19(33-2)20(14-16)34(31,32)28-11-5-3-4-6-12-28/h7-10,13-14,21H,3-6,11-12H2,1-2H3,(H,26,30)(H,27,29). The van der Waals surface area contributed by atoms with Crippen molar-refractivity contribution in [3.63, 3.8) is 0 Å². The number of hydrogen-bond donors (Lipinski definition) is 2. The summed E-state index contributed by atoms with van der Waals surface area (Å²) in [5, 5.41) is 4.83. The third-order valence-corrected chi connectivity index (χ3v) is 7.59. The number of nitrogens with zero attached hydrogens (tertiary/aromatic N) is 1. The molecular formula is C23H27F2N3O5S. The van der Waals surface area contributed by atoms with Gasteiger partial charge in [0.05, 0.1) is 7.11 Å². The van der Waals surface area contributed by atoms with Crippen LogP contribution in [0.4, 0.5) is 8.78 Å². The van der Waals surface area contributed by atoms with Crippen molar-refractivity contribution >= 4 is 21.8 Å². The van der Waals surface area contributed by atoms with E-state index in [1.165, 1.54) is 42.7 Å². The molecule has 2 aromatic carbocycles. The van der Waals surface area contributed by atoms with Crippen LogP contribution in [-0.2, 0) is 14.8 Å². The number of ether oxygens (including phenoxy) is 1. The maximum absolute atomic E-state index is 13.7. The Balaban J connectivity index is 1.94. The summed E-state index contributed by atoms with van der Waals surface area (Å²) in [4.78, 5) is 25.2. The molecule has 3 rings (SSSR count). The Morgan fingerprint density at radius 2 is 1.68 bits per heavy atom. The SMILES string of the molecule is CNC(=O)C(NC(=O)c1ccc(OC)c(S(=O)(=O)N2CCCCCC2)c1)c1ccc(F)c(F)c1. The number of amides is 2. The summed E-state index contributed by atoms with van der Waals surface area (Å²) in [5.74, 6) is -3.61. The average molecular weight is 496 g/mol. The lowest BCUT2D eigenvalue weighted by Gasteiger charge is -2.22. The molecule has 34 heavy (non-hydrogen) atoms. The van der Waals surface area contributed by atoms with Gasteiger partial charge in [0.2, 0.25) is 15.9 Å². The van der Waals surface area contributed by atoms with E-state index >= 15 is 0 Å². The smallest absolute Gasteiger partial charge is 0.252 e. The fraction of sp³-hybridized carbons (Fsp3) is 0.391. The highest BCUT2D eigenvalue weighted by atomic mass is 32.2. The zero-order chi connectivity index (χ0) is 24.9. The Labute approximate surface area is 197 Å². The van der Waals surface area contributed by atoms with Gasteiger partial charge in [-0.15, -0.1) is 0 Å². The molecule has 2 N–H and O–H groups in total. The Hall–Kier alpha value is -3.05. The number of rotatable bonds is 7. The van der Waals surface area contributed by atoms with Crippen LogP contribution in [0.2, 0.25) is 0 Å². The molecule has 0 radical (unpaired) electrons. The second-order valence-electron chi connectivity index (χ2n) is 7.88. The topological polar surface area (TPSA) is 105 Å². The minimum absolute atomic E-state index is 0.0255. The van der Waals surface area contributed by atoms with Crippen LogP contribution in [0.5, 0.6) is 5.75 Å². The van der Waals surface area contributed by atoms with E-state index in [1.54, 1.807) is 0 Å². The van der Waals surface area contributed by atoms with E-state index in [0.29, 0.717) is 13.1 Å². The number of nitrogens with one attached hydrogen (secondary N) is 2. The van der Waals surface area contributed by atoms with Gasteiger partial charge < -0.3 is 15.4 Å². The number of benzene rings is 2. The third-order valence-electron chi connectivity index (χ3n) is 5.67. The first kappa shape index (κ1) is 25.6. The summed E-state index contributed by atoms with van der Waals surface area (Å²) in [5.41, 5.74) is -0.0109. The number of sulfonamides is 1. The molecule has 2 aromatic rings. The van der Waals surface area contributed by atoms with E-state index in [9.17, 15) is 26.8 Å². The van der Waals surface area contributed by atoms with Crippen molar-refractivity contribution in [3.8, 4) is 5.75 Å². The first-order chi connectivity index (χ1) is 16.2. The van der Waals surface area contributed by atoms with Crippen LogP contribution in [0.1, 0.15) is 47.6 Å². The van der Waals surface area contributed by atoms with E-state index in [4.69, 9.17) is 4.74 Å². The molecule has 1 unspecified atom stereocenters. The highest BCUT2D eigenvalue weighted by Gasteiger charge is 2.30. The largest absolute Gasteiger partial charge is 0.495 e. The van der Waals surface area contributed by atoms with Crippen molar-refractivity contribution in [2.45, 2.75) is 36.6 Å². The lowest BCUT2D eigenvalue weighted by atomic mass is 10.0. The maximum Gasteiger partial charge on any atom is 0.252 e. The molecule has 2 amide bonds. The maximum atomic E-state index is 13.7. The van der Waals surface area contributed by atoms with Gasteiger partial charge >= 0.3 is 0 Å². The highest BCUT2D eigenvalue weighted by molar-refractivity contribution is 7.89. The van der Waals surface area contributed by atoms with E-state index in [-0.39, 0.29) is 21.8 Å². The van der Waals surface area contributed by atoms with Crippen molar-refractivity contribution in [2.24, 2.45) is 0 Å². The van der Waals surface area contributed by atoms with Gasteiger partial charge in [0.1, 0.15) is 16.7 Å². The van der Waals surface area contributed by atoms with Crippen molar-refractivity contribution < 1.29 is 31.5 Å². The lowest BCUT2D eigenvalue weighted by molar-refractivity contribution is -0.122. The van der Waals surface area contributed by atoms with Crippen molar-refractivity contribution in [2.75, 3.05) is 27.2 Å². The van der Waals surface area contributed by atoms with Crippen LogP contribution in [-0.4, -0.2) is 51.8 Å². The Bertz CT molecular complexity index is 1170. The number of likely N-dealkylation sites (N-methyl/N-ethyl adjacent to an activating group) is 1. The van der Waals surface area contributed by atoms with Crippen molar-refractivity contribution in [1.82, 2.24) is 14.9 Å². The molecule has 0 bridgehead atoms. The first-order valence-electron chi connectivity index (χ1n) is 10.8. The van der Waals surface area contributed by atoms with Crippen molar-refractivity contribution in [3.05, 3.63) is 59.2 Å². The Morgan fingerprint density at radius 1 is 1.00 bits per heavy atom.